The molecule has 3 aromatic rings. The quantitative estimate of drug-likeness (QED) is 0.269. The van der Waals surface area contributed by atoms with Crippen molar-refractivity contribution in [1.82, 2.24) is 14.9 Å². The number of ether oxygens (including phenoxy) is 3. The summed E-state index contributed by atoms with van der Waals surface area (Å²) in [6.07, 6.45) is 1.52. The average molecular weight is 479 g/mol. The summed E-state index contributed by atoms with van der Waals surface area (Å²) in [6.45, 7) is 1.45. The number of para-hydroxylation sites is 1. The lowest BCUT2D eigenvalue weighted by molar-refractivity contribution is 0.156. The molecule has 10 nitrogen and oxygen atoms in total. The molecule has 0 saturated carbocycles. The molecule has 11 heteroatoms. The average Bonchev–Trinajstić information content (AvgIpc) is 2.86. The number of benzene rings is 2. The molecule has 0 aliphatic carbocycles. The highest BCUT2D eigenvalue weighted by Crippen LogP contribution is 2.40. The molecule has 0 aliphatic heterocycles. The zero-order chi connectivity index (χ0) is 25.2. The second-order valence-electron chi connectivity index (χ2n) is 7.54. The van der Waals surface area contributed by atoms with Gasteiger partial charge in [0.15, 0.2) is 11.5 Å². The number of aliphatic hydroxyl groups is 2. The lowest BCUT2D eigenvalue weighted by Crippen LogP contribution is -2.29. The Balaban J connectivity index is 1.85. The van der Waals surface area contributed by atoms with Crippen molar-refractivity contribution in [3.05, 3.63) is 48.2 Å². The van der Waals surface area contributed by atoms with Crippen LogP contribution >= 0.6 is 0 Å². The monoisotopic (exact) mass is 479 g/mol. The Morgan fingerprint density at radius 2 is 1.60 bits per heavy atom. The van der Waals surface area contributed by atoms with Gasteiger partial charge in [-0.15, -0.1) is 0 Å². The van der Waals surface area contributed by atoms with Crippen molar-refractivity contribution in [3.63, 3.8) is 0 Å². The number of aliphatic hydroxyl groups excluding tert-OH is 2. The van der Waals surface area contributed by atoms with Gasteiger partial charge in [0.05, 0.1) is 34.5 Å². The van der Waals surface area contributed by atoms with Crippen LogP contribution < -0.4 is 30.3 Å². The molecule has 0 fully saturated rings. The van der Waals surface area contributed by atoms with E-state index in [1.165, 1.54) is 6.20 Å². The number of nitrogens with zero attached hydrogens (tertiary/aromatic N) is 3. The van der Waals surface area contributed by atoms with E-state index in [0.717, 1.165) is 11.3 Å². The molecule has 35 heavy (non-hydrogen) atoms. The summed E-state index contributed by atoms with van der Waals surface area (Å²) in [7, 11) is 10.8. The molecule has 2 aromatic carbocycles. The highest BCUT2D eigenvalue weighted by molar-refractivity contribution is 6.35. The minimum Gasteiger partial charge on any atom is -0.493 e. The van der Waals surface area contributed by atoms with E-state index in [4.69, 9.17) is 22.1 Å². The van der Waals surface area contributed by atoms with Crippen LogP contribution in [-0.2, 0) is 6.54 Å². The van der Waals surface area contributed by atoms with Gasteiger partial charge in [-0.05, 0) is 17.1 Å². The van der Waals surface area contributed by atoms with E-state index < -0.39 is 0 Å². The fourth-order valence-corrected chi connectivity index (χ4v) is 3.54. The fourth-order valence-electron chi connectivity index (χ4n) is 3.54. The Morgan fingerprint density at radius 1 is 0.943 bits per heavy atom. The number of anilines is 4. The van der Waals surface area contributed by atoms with Crippen LogP contribution in [0.5, 0.6) is 17.2 Å². The SMILES string of the molecule is [B]c1cnc(Nc2cc(OC)c(OC)c(OC)c2)nc1Nc1ccccc1CN(CCO)CCO. The zero-order valence-corrected chi connectivity index (χ0v) is 20.1. The van der Waals surface area contributed by atoms with Crippen molar-refractivity contribution in [1.29, 1.82) is 0 Å². The maximum Gasteiger partial charge on any atom is 0.229 e. The van der Waals surface area contributed by atoms with Gasteiger partial charge in [-0.3, -0.25) is 4.90 Å². The molecule has 0 aliphatic rings. The normalized spacial score (nSPS) is 10.8. The lowest BCUT2D eigenvalue weighted by atomic mass is 9.99. The van der Waals surface area contributed by atoms with Crippen molar-refractivity contribution in [2.24, 2.45) is 0 Å². The van der Waals surface area contributed by atoms with Crippen LogP contribution in [0.25, 0.3) is 0 Å². The van der Waals surface area contributed by atoms with Gasteiger partial charge in [0, 0.05) is 49.3 Å². The fraction of sp³-hybridized carbons (Fsp3) is 0.333. The van der Waals surface area contributed by atoms with Gasteiger partial charge in [-0.2, -0.15) is 4.98 Å². The van der Waals surface area contributed by atoms with E-state index in [9.17, 15) is 10.2 Å². The number of methoxy groups -OCH3 is 3. The first-order valence-electron chi connectivity index (χ1n) is 11.0. The van der Waals surface area contributed by atoms with Crippen LogP contribution in [0.15, 0.2) is 42.6 Å². The van der Waals surface area contributed by atoms with E-state index >= 15 is 0 Å². The summed E-state index contributed by atoms with van der Waals surface area (Å²) in [4.78, 5) is 10.8. The summed E-state index contributed by atoms with van der Waals surface area (Å²) in [5.74, 6) is 2.21. The van der Waals surface area contributed by atoms with Crippen molar-refractivity contribution in [3.8, 4) is 17.2 Å². The van der Waals surface area contributed by atoms with Crippen LogP contribution in [0.1, 0.15) is 5.56 Å². The molecule has 0 saturated heterocycles. The molecular weight excluding hydrogens is 449 g/mol. The Hall–Kier alpha value is -3.54. The third-order valence-corrected chi connectivity index (χ3v) is 5.23. The summed E-state index contributed by atoms with van der Waals surface area (Å²) >= 11 is 0. The molecule has 0 bridgehead atoms. The number of hydrogen-bond acceptors (Lipinski definition) is 10. The molecule has 2 radical (unpaired) electrons. The minimum absolute atomic E-state index is 0.00438. The summed E-state index contributed by atoms with van der Waals surface area (Å²) < 4.78 is 16.2. The van der Waals surface area contributed by atoms with Crippen molar-refractivity contribution < 1.29 is 24.4 Å². The molecule has 0 unspecified atom stereocenters. The van der Waals surface area contributed by atoms with Gasteiger partial charge >= 0.3 is 0 Å². The lowest BCUT2D eigenvalue weighted by Gasteiger charge is -2.22. The maximum absolute atomic E-state index is 9.33. The highest BCUT2D eigenvalue weighted by Gasteiger charge is 2.15. The van der Waals surface area contributed by atoms with Crippen molar-refractivity contribution >= 4 is 36.5 Å². The predicted molar refractivity (Wildman–Crippen MR) is 136 cm³/mol. The predicted octanol–water partition coefficient (Wildman–Crippen LogP) is 1.57. The van der Waals surface area contributed by atoms with Gasteiger partial charge in [-0.1, -0.05) is 18.2 Å². The summed E-state index contributed by atoms with van der Waals surface area (Å²) in [5, 5.41) is 25.1. The number of nitrogens with one attached hydrogen (secondary N) is 2. The molecule has 0 spiro atoms. The molecule has 184 valence electrons. The van der Waals surface area contributed by atoms with E-state index in [1.807, 2.05) is 29.2 Å². The molecule has 1 aromatic heterocycles. The molecular formula is C24H30BN5O5. The van der Waals surface area contributed by atoms with Crippen LogP contribution in [0.4, 0.5) is 23.1 Å². The van der Waals surface area contributed by atoms with Crippen LogP contribution in [0, 0.1) is 0 Å². The largest absolute Gasteiger partial charge is 0.493 e. The molecule has 0 atom stereocenters. The van der Waals surface area contributed by atoms with Crippen molar-refractivity contribution in [2.45, 2.75) is 6.54 Å². The maximum atomic E-state index is 9.33. The van der Waals surface area contributed by atoms with Gasteiger partial charge in [0.2, 0.25) is 11.7 Å². The zero-order valence-electron chi connectivity index (χ0n) is 20.1. The summed E-state index contributed by atoms with van der Waals surface area (Å²) in [5.41, 5.74) is 2.78. The standard InChI is InChI=1S/C24H30BN5O5/c1-33-20-12-17(13-21(34-2)22(20)35-3)27-24-26-14-18(25)23(29-24)28-19-7-5-4-6-16(19)15-30(8-10-31)9-11-32/h4-7,12-14,31-32H,8-11,15H2,1-3H3,(H2,26,27,28,29). The molecule has 3 rings (SSSR count). The van der Waals surface area contributed by atoms with Gasteiger partial charge < -0.3 is 35.1 Å². The topological polar surface area (TPSA) is 121 Å². The van der Waals surface area contributed by atoms with Crippen molar-refractivity contribution in [2.75, 3.05) is 58.3 Å². The van der Waals surface area contributed by atoms with Gasteiger partial charge in [-0.25, -0.2) is 4.98 Å². The third-order valence-electron chi connectivity index (χ3n) is 5.23. The summed E-state index contributed by atoms with van der Waals surface area (Å²) in [6, 6.07) is 11.2. The van der Waals surface area contributed by atoms with Gasteiger partial charge in [0.1, 0.15) is 13.7 Å². The molecule has 0 amide bonds. The second kappa shape index (κ2) is 12.8. The molecule has 1 heterocycles. The van der Waals surface area contributed by atoms with Crippen LogP contribution in [-0.4, -0.2) is 80.6 Å². The minimum atomic E-state index is 0.00438. The van der Waals surface area contributed by atoms with Crippen LogP contribution in [0.2, 0.25) is 0 Å². The number of hydrogen-bond donors (Lipinski definition) is 4. The highest BCUT2D eigenvalue weighted by atomic mass is 16.5. The number of aromatic nitrogens is 2. The number of rotatable bonds is 13. The van der Waals surface area contributed by atoms with Crippen LogP contribution in [0.3, 0.4) is 0 Å². The Bertz CT molecular complexity index is 1090. The first-order chi connectivity index (χ1) is 17.0. The van der Waals surface area contributed by atoms with E-state index in [1.54, 1.807) is 33.5 Å². The Kier molecular flexibility index (Phi) is 9.53. The first-order valence-corrected chi connectivity index (χ1v) is 11.0. The first kappa shape index (κ1) is 26.1. The Morgan fingerprint density at radius 3 is 2.20 bits per heavy atom. The van der Waals surface area contributed by atoms with E-state index in [2.05, 4.69) is 20.6 Å². The van der Waals surface area contributed by atoms with E-state index in [0.29, 0.717) is 59.8 Å². The van der Waals surface area contributed by atoms with E-state index in [-0.39, 0.29) is 13.2 Å². The van der Waals surface area contributed by atoms with Gasteiger partial charge in [0.25, 0.3) is 0 Å². The third kappa shape index (κ3) is 6.75. The smallest absolute Gasteiger partial charge is 0.229 e. The molecule has 4 N–H and O–H groups in total. The Labute approximate surface area is 206 Å². The second-order valence-corrected chi connectivity index (χ2v) is 7.54.